The summed E-state index contributed by atoms with van der Waals surface area (Å²) < 4.78 is 5.53. The number of carbonyl (C=O) groups excluding carboxylic acids is 3. The maximum Gasteiger partial charge on any atom is 0.251 e. The van der Waals surface area contributed by atoms with Crippen LogP contribution < -0.4 is 10.6 Å². The van der Waals surface area contributed by atoms with E-state index in [0.29, 0.717) is 44.6 Å². The summed E-state index contributed by atoms with van der Waals surface area (Å²) in [6.45, 7) is 1.81. The van der Waals surface area contributed by atoms with Crippen LogP contribution in [0.15, 0.2) is 60.7 Å². The number of carbonyl (C=O) groups is 3. The van der Waals surface area contributed by atoms with Crippen molar-refractivity contribution in [1.29, 1.82) is 0 Å². The molecule has 1 atom stereocenters. The smallest absolute Gasteiger partial charge is 0.251 e. The van der Waals surface area contributed by atoms with E-state index in [1.54, 1.807) is 17.0 Å². The molecular formula is C24H29N3O4. The highest BCUT2D eigenvalue weighted by atomic mass is 16.5. The normalized spacial score (nSPS) is 15.5. The van der Waals surface area contributed by atoms with Crippen molar-refractivity contribution in [2.45, 2.75) is 31.9 Å². The van der Waals surface area contributed by atoms with E-state index in [1.807, 2.05) is 48.5 Å². The first-order valence-electron chi connectivity index (χ1n) is 10.7. The number of benzene rings is 2. The number of likely N-dealkylation sites (tertiary alicyclic amines) is 1. The maximum atomic E-state index is 12.5. The number of amides is 3. The fourth-order valence-electron chi connectivity index (χ4n) is 3.56. The molecule has 1 aliphatic rings. The molecule has 2 aromatic rings. The lowest BCUT2D eigenvalue weighted by Crippen LogP contribution is -2.47. The molecule has 0 spiro atoms. The standard InChI is InChI=1S/C24H29N3O4/c28-22(18-31-17-19-9-3-1-4-10-19)27-16-7-13-21(27)24(30)26-15-8-14-25-23(29)20-11-5-2-6-12-20/h1-6,9-12,21H,7-8,13-18H2,(H,25,29)(H,26,30)/t21-/m1/s1. The van der Waals surface area contributed by atoms with Crippen molar-refractivity contribution in [3.63, 3.8) is 0 Å². The molecule has 0 aliphatic carbocycles. The van der Waals surface area contributed by atoms with Crippen LogP contribution in [0.25, 0.3) is 0 Å². The highest BCUT2D eigenvalue weighted by molar-refractivity contribution is 5.94. The van der Waals surface area contributed by atoms with Crippen LogP contribution in [-0.2, 0) is 20.9 Å². The molecular weight excluding hydrogens is 394 g/mol. The van der Waals surface area contributed by atoms with Crippen LogP contribution in [0.2, 0.25) is 0 Å². The van der Waals surface area contributed by atoms with Crippen molar-refractivity contribution in [3.05, 3.63) is 71.8 Å². The summed E-state index contributed by atoms with van der Waals surface area (Å²) >= 11 is 0. The van der Waals surface area contributed by atoms with Crippen molar-refractivity contribution in [1.82, 2.24) is 15.5 Å². The summed E-state index contributed by atoms with van der Waals surface area (Å²) in [5.41, 5.74) is 1.62. The van der Waals surface area contributed by atoms with Gasteiger partial charge in [0.15, 0.2) is 0 Å². The Morgan fingerprint density at radius 3 is 2.35 bits per heavy atom. The summed E-state index contributed by atoms with van der Waals surface area (Å²) in [4.78, 5) is 38.7. The third-order valence-corrected chi connectivity index (χ3v) is 5.19. The summed E-state index contributed by atoms with van der Waals surface area (Å²) in [6, 6.07) is 18.2. The molecule has 0 bridgehead atoms. The number of hydrogen-bond donors (Lipinski definition) is 2. The zero-order valence-electron chi connectivity index (χ0n) is 17.6. The van der Waals surface area contributed by atoms with Crippen molar-refractivity contribution >= 4 is 17.7 Å². The molecule has 1 heterocycles. The summed E-state index contributed by atoms with van der Waals surface area (Å²) in [5, 5.41) is 5.71. The summed E-state index contributed by atoms with van der Waals surface area (Å²) in [7, 11) is 0. The molecule has 1 saturated heterocycles. The second-order valence-electron chi connectivity index (χ2n) is 7.49. The average Bonchev–Trinajstić information content (AvgIpc) is 3.30. The Morgan fingerprint density at radius 2 is 1.61 bits per heavy atom. The van der Waals surface area contributed by atoms with Crippen LogP contribution in [0.4, 0.5) is 0 Å². The number of ether oxygens (including phenoxy) is 1. The van der Waals surface area contributed by atoms with Gasteiger partial charge in [0.2, 0.25) is 11.8 Å². The van der Waals surface area contributed by atoms with E-state index in [0.717, 1.165) is 12.0 Å². The van der Waals surface area contributed by atoms with Gasteiger partial charge in [-0.2, -0.15) is 0 Å². The monoisotopic (exact) mass is 423 g/mol. The maximum absolute atomic E-state index is 12.5. The predicted molar refractivity (Wildman–Crippen MR) is 117 cm³/mol. The van der Waals surface area contributed by atoms with Gasteiger partial charge in [-0.05, 0) is 37.0 Å². The molecule has 0 saturated carbocycles. The molecule has 0 aromatic heterocycles. The highest BCUT2D eigenvalue weighted by Gasteiger charge is 2.33. The molecule has 31 heavy (non-hydrogen) atoms. The second-order valence-corrected chi connectivity index (χ2v) is 7.49. The molecule has 0 unspecified atom stereocenters. The molecule has 2 N–H and O–H groups in total. The Balaban J connectivity index is 1.34. The topological polar surface area (TPSA) is 87.7 Å². The first-order valence-corrected chi connectivity index (χ1v) is 10.7. The third kappa shape index (κ3) is 6.93. The molecule has 3 amide bonds. The lowest BCUT2D eigenvalue weighted by Gasteiger charge is -2.24. The first kappa shape index (κ1) is 22.5. The largest absolute Gasteiger partial charge is 0.367 e. The molecule has 7 nitrogen and oxygen atoms in total. The Bertz CT molecular complexity index is 858. The van der Waals surface area contributed by atoms with E-state index in [1.165, 1.54) is 0 Å². The average molecular weight is 424 g/mol. The zero-order chi connectivity index (χ0) is 21.9. The van der Waals surface area contributed by atoms with E-state index >= 15 is 0 Å². The van der Waals surface area contributed by atoms with Crippen molar-refractivity contribution in [2.75, 3.05) is 26.2 Å². The molecule has 7 heteroatoms. The van der Waals surface area contributed by atoms with Gasteiger partial charge in [-0.25, -0.2) is 0 Å². The van der Waals surface area contributed by atoms with Gasteiger partial charge in [0.25, 0.3) is 5.91 Å². The van der Waals surface area contributed by atoms with Gasteiger partial charge < -0.3 is 20.3 Å². The van der Waals surface area contributed by atoms with Gasteiger partial charge in [-0.3, -0.25) is 14.4 Å². The fourth-order valence-corrected chi connectivity index (χ4v) is 3.56. The van der Waals surface area contributed by atoms with Gasteiger partial charge in [-0.15, -0.1) is 0 Å². The zero-order valence-corrected chi connectivity index (χ0v) is 17.6. The summed E-state index contributed by atoms with van der Waals surface area (Å²) in [6.07, 6.45) is 2.07. The Hall–Kier alpha value is -3.19. The molecule has 2 aromatic carbocycles. The first-order chi connectivity index (χ1) is 15.1. The quantitative estimate of drug-likeness (QED) is 0.573. The van der Waals surface area contributed by atoms with Crippen LogP contribution in [0.1, 0.15) is 35.2 Å². The van der Waals surface area contributed by atoms with E-state index < -0.39 is 6.04 Å². The highest BCUT2D eigenvalue weighted by Crippen LogP contribution is 2.17. The minimum absolute atomic E-state index is 0.0375. The molecule has 1 aliphatic heterocycles. The predicted octanol–water partition coefficient (Wildman–Crippen LogP) is 2.13. The van der Waals surface area contributed by atoms with Gasteiger partial charge >= 0.3 is 0 Å². The van der Waals surface area contributed by atoms with E-state index in [2.05, 4.69) is 10.6 Å². The van der Waals surface area contributed by atoms with Crippen molar-refractivity contribution in [3.8, 4) is 0 Å². The Labute approximate surface area is 182 Å². The van der Waals surface area contributed by atoms with Crippen molar-refractivity contribution < 1.29 is 19.1 Å². The van der Waals surface area contributed by atoms with Gasteiger partial charge in [-0.1, -0.05) is 48.5 Å². The molecule has 3 rings (SSSR count). The van der Waals surface area contributed by atoms with E-state index in [4.69, 9.17) is 4.74 Å². The van der Waals surface area contributed by atoms with Crippen LogP contribution in [0, 0.1) is 0 Å². The van der Waals surface area contributed by atoms with Crippen LogP contribution in [0.3, 0.4) is 0 Å². The van der Waals surface area contributed by atoms with Crippen LogP contribution >= 0.6 is 0 Å². The lowest BCUT2D eigenvalue weighted by atomic mass is 10.2. The molecule has 0 radical (unpaired) electrons. The number of nitrogens with zero attached hydrogens (tertiary/aromatic N) is 1. The minimum atomic E-state index is -0.452. The fraction of sp³-hybridized carbons (Fsp3) is 0.375. The van der Waals surface area contributed by atoms with Gasteiger partial charge in [0, 0.05) is 25.2 Å². The number of rotatable bonds is 10. The Kier molecular flexibility index (Phi) is 8.60. The Morgan fingerprint density at radius 1 is 0.935 bits per heavy atom. The van der Waals surface area contributed by atoms with Gasteiger partial charge in [0.1, 0.15) is 12.6 Å². The second kappa shape index (κ2) is 11.9. The number of hydrogen-bond acceptors (Lipinski definition) is 4. The van der Waals surface area contributed by atoms with E-state index in [-0.39, 0.29) is 24.3 Å². The third-order valence-electron chi connectivity index (χ3n) is 5.19. The van der Waals surface area contributed by atoms with Crippen molar-refractivity contribution in [2.24, 2.45) is 0 Å². The SMILES string of the molecule is O=C(NCCCNC(=O)[C@H]1CCCN1C(=O)COCc1ccccc1)c1ccccc1. The summed E-state index contributed by atoms with van der Waals surface area (Å²) in [5.74, 6) is -0.443. The van der Waals surface area contributed by atoms with Crippen LogP contribution in [0.5, 0.6) is 0 Å². The van der Waals surface area contributed by atoms with E-state index in [9.17, 15) is 14.4 Å². The van der Waals surface area contributed by atoms with Crippen LogP contribution in [-0.4, -0.2) is 54.9 Å². The minimum Gasteiger partial charge on any atom is -0.367 e. The number of nitrogens with one attached hydrogen (secondary N) is 2. The lowest BCUT2D eigenvalue weighted by molar-refractivity contribution is -0.142. The van der Waals surface area contributed by atoms with Gasteiger partial charge in [0.05, 0.1) is 6.61 Å². The molecule has 1 fully saturated rings. The molecule has 164 valence electrons.